The highest BCUT2D eigenvalue weighted by Crippen LogP contribution is 1.95. The molecule has 14 heavy (non-hydrogen) atoms. The summed E-state index contributed by atoms with van der Waals surface area (Å²) < 4.78 is 1.49. The maximum Gasteiger partial charge on any atom is 0.241 e. The average molecular weight is 194 g/mol. The zero-order valence-corrected chi connectivity index (χ0v) is 8.16. The van der Waals surface area contributed by atoms with E-state index in [1.54, 1.807) is 12.3 Å². The van der Waals surface area contributed by atoms with Crippen LogP contribution in [0.4, 0.5) is 5.82 Å². The smallest absolute Gasteiger partial charge is 0.241 e. The van der Waals surface area contributed by atoms with Crippen LogP contribution in [-0.2, 0) is 11.3 Å². The van der Waals surface area contributed by atoms with Gasteiger partial charge in [-0.3, -0.25) is 9.48 Å². The maximum atomic E-state index is 11.3. The summed E-state index contributed by atoms with van der Waals surface area (Å²) in [6.07, 6.45) is 1.66. The molecule has 1 aromatic heterocycles. The zero-order chi connectivity index (χ0) is 10.6. The Morgan fingerprint density at radius 2 is 2.50 bits per heavy atom. The number of carbonyl (C=O) groups is 1. The first-order valence-electron chi connectivity index (χ1n) is 4.28. The van der Waals surface area contributed by atoms with E-state index in [4.69, 9.17) is 5.73 Å². The molecule has 0 aliphatic rings. The minimum atomic E-state index is -0.101. The normalized spacial score (nSPS) is 9.79. The summed E-state index contributed by atoms with van der Waals surface area (Å²) in [7, 11) is 0. The van der Waals surface area contributed by atoms with E-state index in [0.29, 0.717) is 12.4 Å². The highest BCUT2D eigenvalue weighted by molar-refractivity contribution is 5.75. The molecule has 0 atom stereocenters. The summed E-state index contributed by atoms with van der Waals surface area (Å²) in [6, 6.07) is 1.64. The second-order valence-electron chi connectivity index (χ2n) is 3.17. The van der Waals surface area contributed by atoms with Crippen LogP contribution in [0.3, 0.4) is 0 Å². The van der Waals surface area contributed by atoms with E-state index in [1.165, 1.54) is 4.68 Å². The first kappa shape index (κ1) is 10.3. The van der Waals surface area contributed by atoms with Crippen LogP contribution in [0.5, 0.6) is 0 Å². The highest BCUT2D eigenvalue weighted by atomic mass is 16.2. The minimum Gasteiger partial charge on any atom is -0.382 e. The molecule has 0 bridgehead atoms. The van der Waals surface area contributed by atoms with Crippen molar-refractivity contribution in [2.45, 2.75) is 13.5 Å². The first-order valence-corrected chi connectivity index (χ1v) is 4.28. The number of nitrogens with two attached hydrogens (primary N) is 1. The summed E-state index contributed by atoms with van der Waals surface area (Å²) in [5.74, 6) is 0.314. The quantitative estimate of drug-likeness (QED) is 0.670. The number of hydrogen-bond donors (Lipinski definition) is 2. The van der Waals surface area contributed by atoms with Gasteiger partial charge in [-0.25, -0.2) is 0 Å². The Kier molecular flexibility index (Phi) is 3.28. The number of nitrogens with one attached hydrogen (secondary N) is 1. The van der Waals surface area contributed by atoms with Crippen molar-refractivity contribution in [3.05, 3.63) is 24.4 Å². The molecular formula is C9H14N4O. The SMILES string of the molecule is C=C(C)CNC(=O)Cn1ccc(N)n1. The van der Waals surface area contributed by atoms with Gasteiger partial charge in [0.05, 0.1) is 0 Å². The Bertz CT molecular complexity index is 342. The molecule has 0 unspecified atom stereocenters. The Labute approximate surface area is 82.6 Å². The van der Waals surface area contributed by atoms with Crippen molar-refractivity contribution in [3.8, 4) is 0 Å². The van der Waals surface area contributed by atoms with E-state index >= 15 is 0 Å². The summed E-state index contributed by atoms with van der Waals surface area (Å²) in [5, 5.41) is 6.59. The van der Waals surface area contributed by atoms with E-state index in [9.17, 15) is 4.79 Å². The lowest BCUT2D eigenvalue weighted by Gasteiger charge is -2.04. The fourth-order valence-corrected chi connectivity index (χ4v) is 0.918. The Morgan fingerprint density at radius 3 is 3.00 bits per heavy atom. The van der Waals surface area contributed by atoms with Crippen molar-refractivity contribution < 1.29 is 4.79 Å². The van der Waals surface area contributed by atoms with E-state index in [-0.39, 0.29) is 12.5 Å². The lowest BCUT2D eigenvalue weighted by Crippen LogP contribution is -2.28. The number of nitrogen functional groups attached to an aromatic ring is 1. The Balaban J connectivity index is 2.37. The van der Waals surface area contributed by atoms with Crippen LogP contribution >= 0.6 is 0 Å². The van der Waals surface area contributed by atoms with Crippen molar-refractivity contribution in [1.82, 2.24) is 15.1 Å². The number of aromatic nitrogens is 2. The maximum absolute atomic E-state index is 11.3. The van der Waals surface area contributed by atoms with Crippen LogP contribution in [0.25, 0.3) is 0 Å². The predicted octanol–water partition coefficient (Wildman–Crippen LogP) is 0.158. The van der Waals surface area contributed by atoms with Crippen LogP contribution in [0.1, 0.15) is 6.92 Å². The molecule has 5 heteroatoms. The van der Waals surface area contributed by atoms with Gasteiger partial charge in [-0.15, -0.1) is 0 Å². The molecule has 1 aromatic rings. The van der Waals surface area contributed by atoms with Gasteiger partial charge in [0.25, 0.3) is 0 Å². The number of amides is 1. The van der Waals surface area contributed by atoms with Crippen molar-refractivity contribution >= 4 is 11.7 Å². The molecule has 5 nitrogen and oxygen atoms in total. The molecule has 76 valence electrons. The van der Waals surface area contributed by atoms with Crippen LogP contribution in [-0.4, -0.2) is 22.2 Å². The van der Waals surface area contributed by atoms with Crippen molar-refractivity contribution in [3.63, 3.8) is 0 Å². The van der Waals surface area contributed by atoms with Crippen LogP contribution in [0.2, 0.25) is 0 Å². The number of anilines is 1. The molecule has 1 amide bonds. The third-order valence-electron chi connectivity index (χ3n) is 1.55. The molecule has 3 N–H and O–H groups in total. The highest BCUT2D eigenvalue weighted by Gasteiger charge is 2.02. The van der Waals surface area contributed by atoms with Gasteiger partial charge < -0.3 is 11.1 Å². The summed E-state index contributed by atoms with van der Waals surface area (Å²) in [4.78, 5) is 11.3. The van der Waals surface area contributed by atoms with Gasteiger partial charge >= 0.3 is 0 Å². The van der Waals surface area contributed by atoms with Crippen LogP contribution < -0.4 is 11.1 Å². The molecule has 0 aliphatic carbocycles. The van der Waals surface area contributed by atoms with E-state index < -0.39 is 0 Å². The standard InChI is InChI=1S/C9H14N4O/c1-7(2)5-11-9(14)6-13-4-3-8(10)12-13/h3-4H,1,5-6H2,2H3,(H2,10,12)(H,11,14). The van der Waals surface area contributed by atoms with Gasteiger partial charge in [0.2, 0.25) is 5.91 Å². The van der Waals surface area contributed by atoms with Crippen LogP contribution in [0.15, 0.2) is 24.4 Å². The fourth-order valence-electron chi connectivity index (χ4n) is 0.918. The number of hydrogen-bond acceptors (Lipinski definition) is 3. The number of nitrogens with zero attached hydrogens (tertiary/aromatic N) is 2. The average Bonchev–Trinajstić information content (AvgIpc) is 2.48. The predicted molar refractivity (Wildman–Crippen MR) is 54.5 cm³/mol. The van der Waals surface area contributed by atoms with Gasteiger partial charge in [-0.2, -0.15) is 5.10 Å². The lowest BCUT2D eigenvalue weighted by atomic mass is 10.3. The largest absolute Gasteiger partial charge is 0.382 e. The van der Waals surface area contributed by atoms with Gasteiger partial charge in [0.1, 0.15) is 12.4 Å². The molecule has 1 heterocycles. The zero-order valence-electron chi connectivity index (χ0n) is 8.16. The van der Waals surface area contributed by atoms with E-state index in [2.05, 4.69) is 17.0 Å². The summed E-state index contributed by atoms with van der Waals surface area (Å²) in [6.45, 7) is 6.22. The summed E-state index contributed by atoms with van der Waals surface area (Å²) >= 11 is 0. The minimum absolute atomic E-state index is 0.101. The molecule has 0 radical (unpaired) electrons. The van der Waals surface area contributed by atoms with Gasteiger partial charge in [0.15, 0.2) is 0 Å². The Morgan fingerprint density at radius 1 is 1.79 bits per heavy atom. The third kappa shape index (κ3) is 3.30. The third-order valence-corrected chi connectivity index (χ3v) is 1.55. The second-order valence-corrected chi connectivity index (χ2v) is 3.17. The van der Waals surface area contributed by atoms with E-state index in [1.807, 2.05) is 6.92 Å². The monoisotopic (exact) mass is 194 g/mol. The fraction of sp³-hybridized carbons (Fsp3) is 0.333. The first-order chi connectivity index (χ1) is 6.58. The van der Waals surface area contributed by atoms with Crippen molar-refractivity contribution in [1.29, 1.82) is 0 Å². The molecule has 0 aromatic carbocycles. The van der Waals surface area contributed by atoms with Gasteiger partial charge in [0, 0.05) is 12.7 Å². The molecule has 0 fully saturated rings. The number of rotatable bonds is 4. The molecule has 0 saturated carbocycles. The second kappa shape index (κ2) is 4.45. The van der Waals surface area contributed by atoms with Crippen molar-refractivity contribution in [2.24, 2.45) is 0 Å². The lowest BCUT2D eigenvalue weighted by molar-refractivity contribution is -0.121. The molecule has 0 saturated heterocycles. The van der Waals surface area contributed by atoms with Crippen LogP contribution in [0, 0.1) is 0 Å². The molecule has 0 spiro atoms. The summed E-state index contributed by atoms with van der Waals surface area (Å²) in [5.41, 5.74) is 6.31. The Hall–Kier alpha value is -1.78. The molecular weight excluding hydrogens is 180 g/mol. The van der Waals surface area contributed by atoms with E-state index in [0.717, 1.165) is 5.57 Å². The van der Waals surface area contributed by atoms with Gasteiger partial charge in [-0.1, -0.05) is 12.2 Å². The van der Waals surface area contributed by atoms with Gasteiger partial charge in [-0.05, 0) is 13.0 Å². The van der Waals surface area contributed by atoms with Crippen molar-refractivity contribution in [2.75, 3.05) is 12.3 Å². The molecule has 0 aliphatic heterocycles. The number of carbonyl (C=O) groups excluding carboxylic acids is 1. The molecule has 1 rings (SSSR count). The topological polar surface area (TPSA) is 72.9 Å².